The third-order valence-electron chi connectivity index (χ3n) is 2.87. The number of halogens is 1. The maximum atomic E-state index is 11.9. The number of benzene rings is 1. The number of hydrazone groups is 1. The Hall–Kier alpha value is -2.86. The number of carbonyl (C=O) groups excluding carboxylic acids is 1. The van der Waals surface area contributed by atoms with Crippen LogP contribution in [0.1, 0.15) is 16.1 Å². The molecule has 0 fully saturated rings. The van der Waals surface area contributed by atoms with Crippen molar-refractivity contribution in [2.24, 2.45) is 5.10 Å². The van der Waals surface area contributed by atoms with Gasteiger partial charge in [0.25, 0.3) is 5.91 Å². The second kappa shape index (κ2) is 6.28. The van der Waals surface area contributed by atoms with Crippen LogP contribution in [0.2, 0.25) is 5.02 Å². The molecule has 2 aromatic heterocycles. The fourth-order valence-electron chi connectivity index (χ4n) is 1.79. The Morgan fingerprint density at radius 3 is 2.95 bits per heavy atom. The SMILES string of the molecule is O=C(N/N=C/c1ccccc1Cl)c1cc(-c2ccco2)[nH]n1. The molecule has 6 nitrogen and oxygen atoms in total. The van der Waals surface area contributed by atoms with Gasteiger partial charge in [-0.25, -0.2) is 5.43 Å². The van der Waals surface area contributed by atoms with Crippen molar-refractivity contribution in [2.75, 3.05) is 0 Å². The molecule has 22 heavy (non-hydrogen) atoms. The fraction of sp³-hybridized carbons (Fsp3) is 0. The Morgan fingerprint density at radius 2 is 2.18 bits per heavy atom. The van der Waals surface area contributed by atoms with Crippen LogP contribution in [0.4, 0.5) is 0 Å². The summed E-state index contributed by atoms with van der Waals surface area (Å²) in [5.41, 5.74) is 3.93. The van der Waals surface area contributed by atoms with E-state index >= 15 is 0 Å². The van der Waals surface area contributed by atoms with Crippen LogP contribution in [0.3, 0.4) is 0 Å². The highest BCUT2D eigenvalue weighted by Crippen LogP contribution is 2.17. The van der Waals surface area contributed by atoms with E-state index in [2.05, 4.69) is 20.7 Å². The van der Waals surface area contributed by atoms with Crippen LogP contribution in [0, 0.1) is 0 Å². The standard InChI is InChI=1S/C15H11ClN4O2/c16-11-5-2-1-4-10(11)9-17-20-15(21)13-8-12(18-19-13)14-6-3-7-22-14/h1-9H,(H,18,19)(H,20,21)/b17-9+. The van der Waals surface area contributed by atoms with Crippen LogP contribution < -0.4 is 5.43 Å². The van der Waals surface area contributed by atoms with Crippen molar-refractivity contribution < 1.29 is 9.21 Å². The van der Waals surface area contributed by atoms with Crippen LogP contribution in [0.5, 0.6) is 0 Å². The zero-order valence-electron chi connectivity index (χ0n) is 11.3. The maximum Gasteiger partial charge on any atom is 0.291 e. The van der Waals surface area contributed by atoms with Crippen LogP contribution in [-0.2, 0) is 0 Å². The minimum atomic E-state index is -0.433. The van der Waals surface area contributed by atoms with Gasteiger partial charge in [0, 0.05) is 16.7 Å². The second-order valence-corrected chi connectivity index (χ2v) is 4.77. The van der Waals surface area contributed by atoms with Gasteiger partial charge in [-0.05, 0) is 18.2 Å². The first kappa shape index (κ1) is 14.1. The van der Waals surface area contributed by atoms with E-state index in [9.17, 15) is 4.79 Å². The molecule has 0 saturated carbocycles. The topological polar surface area (TPSA) is 83.3 Å². The minimum Gasteiger partial charge on any atom is -0.463 e. The summed E-state index contributed by atoms with van der Waals surface area (Å²) >= 11 is 5.99. The highest BCUT2D eigenvalue weighted by atomic mass is 35.5. The van der Waals surface area contributed by atoms with Gasteiger partial charge in [-0.1, -0.05) is 29.8 Å². The molecule has 0 radical (unpaired) electrons. The van der Waals surface area contributed by atoms with Crippen LogP contribution in [0.25, 0.3) is 11.5 Å². The molecule has 1 amide bonds. The molecular formula is C15H11ClN4O2. The van der Waals surface area contributed by atoms with Crippen molar-refractivity contribution in [3.8, 4) is 11.5 Å². The Bertz CT molecular complexity index is 809. The first-order valence-corrected chi connectivity index (χ1v) is 6.79. The third-order valence-corrected chi connectivity index (χ3v) is 3.22. The summed E-state index contributed by atoms with van der Waals surface area (Å²) in [7, 11) is 0. The van der Waals surface area contributed by atoms with Gasteiger partial charge in [0.1, 0.15) is 5.69 Å². The van der Waals surface area contributed by atoms with Gasteiger partial charge in [-0.15, -0.1) is 0 Å². The van der Waals surface area contributed by atoms with E-state index < -0.39 is 5.91 Å². The van der Waals surface area contributed by atoms with Crippen molar-refractivity contribution in [1.82, 2.24) is 15.6 Å². The van der Waals surface area contributed by atoms with Crippen molar-refractivity contribution in [3.63, 3.8) is 0 Å². The number of carbonyl (C=O) groups is 1. The van der Waals surface area contributed by atoms with Gasteiger partial charge in [0.2, 0.25) is 0 Å². The predicted octanol–water partition coefficient (Wildman–Crippen LogP) is 3.09. The molecule has 3 aromatic rings. The smallest absolute Gasteiger partial charge is 0.291 e. The summed E-state index contributed by atoms with van der Waals surface area (Å²) in [6.45, 7) is 0. The first-order valence-electron chi connectivity index (χ1n) is 6.41. The monoisotopic (exact) mass is 314 g/mol. The quantitative estimate of drug-likeness (QED) is 0.573. The number of furan rings is 1. The Kier molecular flexibility index (Phi) is 4.02. The molecule has 0 atom stereocenters. The van der Waals surface area contributed by atoms with E-state index in [4.69, 9.17) is 16.0 Å². The molecule has 0 aliphatic heterocycles. The van der Waals surface area contributed by atoms with Crippen molar-refractivity contribution in [3.05, 3.63) is 65.0 Å². The minimum absolute atomic E-state index is 0.211. The lowest BCUT2D eigenvalue weighted by Gasteiger charge is -1.97. The van der Waals surface area contributed by atoms with Gasteiger partial charge in [0.15, 0.2) is 11.5 Å². The van der Waals surface area contributed by atoms with Crippen molar-refractivity contribution in [1.29, 1.82) is 0 Å². The number of amides is 1. The normalized spacial score (nSPS) is 11.0. The molecule has 7 heteroatoms. The molecule has 3 rings (SSSR count). The molecule has 2 N–H and O–H groups in total. The largest absolute Gasteiger partial charge is 0.463 e. The van der Waals surface area contributed by atoms with Crippen molar-refractivity contribution >= 4 is 23.7 Å². The van der Waals surface area contributed by atoms with Gasteiger partial charge < -0.3 is 4.42 Å². The second-order valence-electron chi connectivity index (χ2n) is 4.36. The lowest BCUT2D eigenvalue weighted by atomic mass is 10.2. The number of H-pyrrole nitrogens is 1. The summed E-state index contributed by atoms with van der Waals surface area (Å²) in [6, 6.07) is 12.3. The number of aromatic nitrogens is 2. The lowest BCUT2D eigenvalue weighted by Crippen LogP contribution is -2.18. The van der Waals surface area contributed by atoms with Gasteiger partial charge in [-0.3, -0.25) is 9.89 Å². The molecule has 0 saturated heterocycles. The summed E-state index contributed by atoms with van der Waals surface area (Å²) in [6.07, 6.45) is 3.02. The summed E-state index contributed by atoms with van der Waals surface area (Å²) in [5.74, 6) is 0.170. The zero-order valence-corrected chi connectivity index (χ0v) is 12.0. The van der Waals surface area contributed by atoms with E-state index in [0.717, 1.165) is 0 Å². The molecular weight excluding hydrogens is 304 g/mol. The molecule has 2 heterocycles. The molecule has 0 aliphatic carbocycles. The zero-order chi connectivity index (χ0) is 15.4. The molecule has 0 unspecified atom stereocenters. The highest BCUT2D eigenvalue weighted by Gasteiger charge is 2.11. The lowest BCUT2D eigenvalue weighted by molar-refractivity contribution is 0.0950. The van der Waals surface area contributed by atoms with Crippen LogP contribution in [0.15, 0.2) is 58.2 Å². The van der Waals surface area contributed by atoms with E-state index in [1.54, 1.807) is 36.6 Å². The number of rotatable bonds is 4. The predicted molar refractivity (Wildman–Crippen MR) is 82.8 cm³/mol. The van der Waals surface area contributed by atoms with Gasteiger partial charge in [-0.2, -0.15) is 10.2 Å². The summed E-state index contributed by atoms with van der Waals surface area (Å²) < 4.78 is 5.22. The summed E-state index contributed by atoms with van der Waals surface area (Å²) in [5, 5.41) is 11.1. The van der Waals surface area contributed by atoms with E-state index in [1.807, 2.05) is 12.1 Å². The van der Waals surface area contributed by atoms with Crippen molar-refractivity contribution in [2.45, 2.75) is 0 Å². The van der Waals surface area contributed by atoms with Crippen LogP contribution in [-0.4, -0.2) is 22.3 Å². The maximum absolute atomic E-state index is 11.9. The first-order chi connectivity index (χ1) is 10.7. The van der Waals surface area contributed by atoms with E-state index in [-0.39, 0.29) is 5.69 Å². The number of nitrogens with zero attached hydrogens (tertiary/aromatic N) is 2. The molecule has 110 valence electrons. The number of nitrogens with one attached hydrogen (secondary N) is 2. The third kappa shape index (κ3) is 3.07. The average molecular weight is 315 g/mol. The number of hydrogen-bond donors (Lipinski definition) is 2. The Balaban J connectivity index is 1.67. The van der Waals surface area contributed by atoms with Crippen LogP contribution >= 0.6 is 11.6 Å². The number of hydrogen-bond acceptors (Lipinski definition) is 4. The highest BCUT2D eigenvalue weighted by molar-refractivity contribution is 6.33. The fourth-order valence-corrected chi connectivity index (χ4v) is 1.98. The molecule has 0 bridgehead atoms. The molecule has 1 aromatic carbocycles. The Labute approximate surface area is 130 Å². The molecule has 0 aliphatic rings. The Morgan fingerprint density at radius 1 is 1.32 bits per heavy atom. The number of aromatic amines is 1. The summed E-state index contributed by atoms with van der Waals surface area (Å²) in [4.78, 5) is 11.9. The van der Waals surface area contributed by atoms with Gasteiger partial charge >= 0.3 is 0 Å². The van der Waals surface area contributed by atoms with Gasteiger partial charge in [0.05, 0.1) is 12.5 Å². The average Bonchev–Trinajstić information content (AvgIpc) is 3.20. The molecule has 0 spiro atoms. The van der Waals surface area contributed by atoms with E-state index in [1.165, 1.54) is 6.21 Å². The van der Waals surface area contributed by atoms with E-state index in [0.29, 0.717) is 22.0 Å².